The molecule has 1 amide bonds. The molecule has 0 aliphatic heterocycles. The summed E-state index contributed by atoms with van der Waals surface area (Å²) in [5, 5.41) is 3.01. The van der Waals surface area contributed by atoms with E-state index in [1.807, 2.05) is 0 Å². The highest BCUT2D eigenvalue weighted by Crippen LogP contribution is 2.30. The van der Waals surface area contributed by atoms with E-state index in [4.69, 9.17) is 30.5 Å². The Hall–Kier alpha value is -2.93. The van der Waals surface area contributed by atoms with Crippen LogP contribution in [-0.2, 0) is 9.53 Å². The number of ether oxygens (including phenoxy) is 4. The SMILES string of the molecule is COc1ccc(NC(=O)[C@H](C)OC(=O)c2cc(Cl)ccc2OC)cc1OC. The second-order valence-corrected chi connectivity index (χ2v) is 5.89. The molecule has 27 heavy (non-hydrogen) atoms. The van der Waals surface area contributed by atoms with Gasteiger partial charge in [-0.1, -0.05) is 11.6 Å². The smallest absolute Gasteiger partial charge is 0.342 e. The molecular weight excluding hydrogens is 374 g/mol. The summed E-state index contributed by atoms with van der Waals surface area (Å²) in [4.78, 5) is 24.7. The van der Waals surface area contributed by atoms with E-state index < -0.39 is 18.0 Å². The van der Waals surface area contributed by atoms with Gasteiger partial charge in [-0.05, 0) is 37.3 Å². The molecule has 1 atom stereocenters. The molecule has 7 nitrogen and oxygen atoms in total. The van der Waals surface area contributed by atoms with Crippen LogP contribution < -0.4 is 19.5 Å². The van der Waals surface area contributed by atoms with Gasteiger partial charge in [0, 0.05) is 16.8 Å². The van der Waals surface area contributed by atoms with Gasteiger partial charge in [-0.25, -0.2) is 4.79 Å². The molecule has 0 heterocycles. The van der Waals surface area contributed by atoms with Crippen molar-refractivity contribution in [1.29, 1.82) is 0 Å². The number of hydrogen-bond acceptors (Lipinski definition) is 6. The number of methoxy groups -OCH3 is 3. The van der Waals surface area contributed by atoms with Gasteiger partial charge in [0.15, 0.2) is 17.6 Å². The molecule has 0 radical (unpaired) electrons. The summed E-state index contributed by atoms with van der Waals surface area (Å²) >= 11 is 5.91. The van der Waals surface area contributed by atoms with Gasteiger partial charge in [0.2, 0.25) is 0 Å². The maximum Gasteiger partial charge on any atom is 0.342 e. The van der Waals surface area contributed by atoms with Crippen LogP contribution in [0.4, 0.5) is 5.69 Å². The van der Waals surface area contributed by atoms with Crippen molar-refractivity contribution >= 4 is 29.2 Å². The van der Waals surface area contributed by atoms with E-state index in [0.29, 0.717) is 28.0 Å². The molecule has 1 N–H and O–H groups in total. The lowest BCUT2D eigenvalue weighted by molar-refractivity contribution is -0.123. The van der Waals surface area contributed by atoms with Gasteiger partial charge in [-0.3, -0.25) is 4.79 Å². The maximum absolute atomic E-state index is 12.4. The molecular formula is C19H20ClNO6. The van der Waals surface area contributed by atoms with E-state index in [2.05, 4.69) is 5.32 Å². The lowest BCUT2D eigenvalue weighted by atomic mass is 10.2. The third kappa shape index (κ3) is 5.04. The van der Waals surface area contributed by atoms with Gasteiger partial charge in [-0.2, -0.15) is 0 Å². The van der Waals surface area contributed by atoms with E-state index in [1.165, 1.54) is 34.3 Å². The monoisotopic (exact) mass is 393 g/mol. The fourth-order valence-corrected chi connectivity index (χ4v) is 2.45. The normalized spacial score (nSPS) is 11.3. The zero-order valence-corrected chi connectivity index (χ0v) is 16.1. The number of nitrogens with one attached hydrogen (secondary N) is 1. The quantitative estimate of drug-likeness (QED) is 0.724. The minimum Gasteiger partial charge on any atom is -0.496 e. The predicted octanol–water partition coefficient (Wildman–Crippen LogP) is 3.55. The third-order valence-corrected chi connectivity index (χ3v) is 3.92. The van der Waals surface area contributed by atoms with Gasteiger partial charge in [-0.15, -0.1) is 0 Å². The molecule has 0 saturated carbocycles. The van der Waals surface area contributed by atoms with Crippen molar-refractivity contribution in [2.75, 3.05) is 26.6 Å². The first-order valence-corrected chi connectivity index (χ1v) is 8.34. The lowest BCUT2D eigenvalue weighted by Crippen LogP contribution is -2.30. The number of esters is 1. The summed E-state index contributed by atoms with van der Waals surface area (Å²) in [5.41, 5.74) is 0.608. The molecule has 8 heteroatoms. The van der Waals surface area contributed by atoms with Crippen molar-refractivity contribution in [3.05, 3.63) is 47.0 Å². The fourth-order valence-electron chi connectivity index (χ4n) is 2.28. The Morgan fingerprint density at radius 2 is 1.56 bits per heavy atom. The maximum atomic E-state index is 12.4. The summed E-state index contributed by atoms with van der Waals surface area (Å²) in [6.07, 6.45) is -1.05. The summed E-state index contributed by atoms with van der Waals surface area (Å²) in [7, 11) is 4.43. The number of halogens is 1. The molecule has 0 bridgehead atoms. The molecule has 2 rings (SSSR count). The van der Waals surface area contributed by atoms with Gasteiger partial charge in [0.1, 0.15) is 11.3 Å². The van der Waals surface area contributed by atoms with Crippen LogP contribution in [0.1, 0.15) is 17.3 Å². The summed E-state index contributed by atoms with van der Waals surface area (Å²) < 4.78 is 20.7. The molecule has 0 saturated heterocycles. The Balaban J connectivity index is 2.07. The second kappa shape index (κ2) is 9.14. The zero-order chi connectivity index (χ0) is 20.0. The Labute approximate surface area is 162 Å². The highest BCUT2D eigenvalue weighted by atomic mass is 35.5. The average molecular weight is 394 g/mol. The number of hydrogen-bond donors (Lipinski definition) is 1. The minimum atomic E-state index is -1.05. The Kier molecular flexibility index (Phi) is 6.90. The van der Waals surface area contributed by atoms with E-state index in [-0.39, 0.29) is 5.56 Å². The van der Waals surface area contributed by atoms with Crippen LogP contribution in [0.2, 0.25) is 5.02 Å². The number of anilines is 1. The topological polar surface area (TPSA) is 83.1 Å². The molecule has 0 aliphatic carbocycles. The third-order valence-electron chi connectivity index (χ3n) is 3.69. The van der Waals surface area contributed by atoms with E-state index >= 15 is 0 Å². The summed E-state index contributed by atoms with van der Waals surface area (Å²) in [5.74, 6) is 0.0735. The molecule has 144 valence electrons. The van der Waals surface area contributed by atoms with Crippen LogP contribution in [0.25, 0.3) is 0 Å². The molecule has 2 aromatic carbocycles. The molecule has 0 aliphatic rings. The van der Waals surface area contributed by atoms with Crippen molar-refractivity contribution in [3.8, 4) is 17.2 Å². The van der Waals surface area contributed by atoms with Crippen molar-refractivity contribution in [2.45, 2.75) is 13.0 Å². The van der Waals surface area contributed by atoms with Crippen LogP contribution in [0, 0.1) is 0 Å². The number of benzene rings is 2. The van der Waals surface area contributed by atoms with Crippen LogP contribution in [0.3, 0.4) is 0 Å². The van der Waals surface area contributed by atoms with E-state index in [1.54, 1.807) is 30.3 Å². The standard InChI is InChI=1S/C19H20ClNO6/c1-11(27-19(23)14-9-12(20)5-7-15(14)24-2)18(22)21-13-6-8-16(25-3)17(10-13)26-4/h5-11H,1-4H3,(H,21,22)/t11-/m0/s1. The molecule has 0 unspecified atom stereocenters. The van der Waals surface area contributed by atoms with Crippen LogP contribution in [0.15, 0.2) is 36.4 Å². The minimum absolute atomic E-state index is 0.135. The highest BCUT2D eigenvalue weighted by Gasteiger charge is 2.22. The Bertz CT molecular complexity index is 839. The largest absolute Gasteiger partial charge is 0.496 e. The molecule has 0 fully saturated rings. The molecule has 2 aromatic rings. The molecule has 0 spiro atoms. The van der Waals surface area contributed by atoms with E-state index in [9.17, 15) is 9.59 Å². The van der Waals surface area contributed by atoms with Crippen LogP contribution in [-0.4, -0.2) is 39.3 Å². The number of carbonyl (C=O) groups excluding carboxylic acids is 2. The summed E-state index contributed by atoms with van der Waals surface area (Å²) in [6, 6.07) is 9.46. The van der Waals surface area contributed by atoms with Gasteiger partial charge >= 0.3 is 5.97 Å². The first kappa shape index (κ1) is 20.4. The predicted molar refractivity (Wildman–Crippen MR) is 101 cm³/mol. The fraction of sp³-hybridized carbons (Fsp3) is 0.263. The first-order chi connectivity index (χ1) is 12.9. The Morgan fingerprint density at radius 1 is 0.926 bits per heavy atom. The zero-order valence-electron chi connectivity index (χ0n) is 15.4. The van der Waals surface area contributed by atoms with Gasteiger partial charge < -0.3 is 24.3 Å². The summed E-state index contributed by atoms with van der Waals surface area (Å²) in [6.45, 7) is 1.46. The van der Waals surface area contributed by atoms with E-state index in [0.717, 1.165) is 0 Å². The number of carbonyl (C=O) groups is 2. The van der Waals surface area contributed by atoms with Crippen molar-refractivity contribution in [3.63, 3.8) is 0 Å². The Morgan fingerprint density at radius 3 is 2.19 bits per heavy atom. The second-order valence-electron chi connectivity index (χ2n) is 5.45. The van der Waals surface area contributed by atoms with Crippen LogP contribution >= 0.6 is 11.6 Å². The number of amides is 1. The van der Waals surface area contributed by atoms with Crippen molar-refractivity contribution in [2.24, 2.45) is 0 Å². The highest BCUT2D eigenvalue weighted by molar-refractivity contribution is 6.31. The van der Waals surface area contributed by atoms with Gasteiger partial charge in [0.25, 0.3) is 5.91 Å². The van der Waals surface area contributed by atoms with Gasteiger partial charge in [0.05, 0.1) is 21.3 Å². The molecule has 0 aromatic heterocycles. The van der Waals surface area contributed by atoms with Crippen molar-refractivity contribution < 1.29 is 28.5 Å². The first-order valence-electron chi connectivity index (χ1n) is 7.97. The average Bonchev–Trinajstić information content (AvgIpc) is 2.67. The number of rotatable bonds is 7. The van der Waals surface area contributed by atoms with Crippen LogP contribution in [0.5, 0.6) is 17.2 Å². The van der Waals surface area contributed by atoms with Crippen molar-refractivity contribution in [1.82, 2.24) is 0 Å². The lowest BCUT2D eigenvalue weighted by Gasteiger charge is -2.16.